The molecule has 0 aliphatic heterocycles. The number of alkyl halides is 2. The highest BCUT2D eigenvalue weighted by atomic mass is 19.3. The van der Waals surface area contributed by atoms with Crippen LogP contribution in [0.4, 0.5) is 8.78 Å². The molecule has 0 aliphatic rings. The SMILES string of the molecule is CCNC(C)c1ccccc1OC(F)F. The zero-order chi connectivity index (χ0) is 11.3. The van der Waals surface area contributed by atoms with Crippen LogP contribution in [0, 0.1) is 0 Å². The van der Waals surface area contributed by atoms with E-state index in [-0.39, 0.29) is 11.8 Å². The summed E-state index contributed by atoms with van der Waals surface area (Å²) in [5, 5.41) is 3.15. The highest BCUT2D eigenvalue weighted by molar-refractivity contribution is 5.35. The molecule has 15 heavy (non-hydrogen) atoms. The third-order valence-corrected chi connectivity index (χ3v) is 2.11. The second-order valence-electron chi connectivity index (χ2n) is 3.20. The van der Waals surface area contributed by atoms with Crippen molar-refractivity contribution < 1.29 is 13.5 Å². The molecule has 0 saturated carbocycles. The summed E-state index contributed by atoms with van der Waals surface area (Å²) in [6, 6.07) is 6.83. The molecule has 0 heterocycles. The quantitative estimate of drug-likeness (QED) is 0.815. The van der Waals surface area contributed by atoms with Crippen LogP contribution in [0.5, 0.6) is 5.75 Å². The Bertz CT molecular complexity index is 304. The number of hydrogen-bond donors (Lipinski definition) is 1. The van der Waals surface area contributed by atoms with Gasteiger partial charge in [0, 0.05) is 11.6 Å². The maximum Gasteiger partial charge on any atom is 0.387 e. The van der Waals surface area contributed by atoms with Crippen LogP contribution in [0.25, 0.3) is 0 Å². The van der Waals surface area contributed by atoms with Crippen molar-refractivity contribution in [2.45, 2.75) is 26.5 Å². The van der Waals surface area contributed by atoms with Gasteiger partial charge in [0.05, 0.1) is 0 Å². The Kier molecular flexibility index (Phi) is 4.49. The number of ether oxygens (including phenoxy) is 1. The summed E-state index contributed by atoms with van der Waals surface area (Å²) in [4.78, 5) is 0. The molecule has 1 unspecified atom stereocenters. The van der Waals surface area contributed by atoms with E-state index in [1.165, 1.54) is 0 Å². The van der Waals surface area contributed by atoms with E-state index < -0.39 is 6.61 Å². The van der Waals surface area contributed by atoms with Gasteiger partial charge in [0.2, 0.25) is 0 Å². The van der Waals surface area contributed by atoms with Gasteiger partial charge in [-0.05, 0) is 19.5 Å². The van der Waals surface area contributed by atoms with Gasteiger partial charge in [0.1, 0.15) is 5.75 Å². The Morgan fingerprint density at radius 3 is 2.60 bits per heavy atom. The first-order valence-electron chi connectivity index (χ1n) is 4.92. The normalized spacial score (nSPS) is 12.9. The molecule has 0 radical (unpaired) electrons. The summed E-state index contributed by atoms with van der Waals surface area (Å²) in [7, 11) is 0. The van der Waals surface area contributed by atoms with Crippen LogP contribution < -0.4 is 10.1 Å². The standard InChI is InChI=1S/C11H15F2NO/c1-3-14-8(2)9-6-4-5-7-10(9)15-11(12)13/h4-8,11,14H,3H2,1-2H3. The van der Waals surface area contributed by atoms with E-state index >= 15 is 0 Å². The van der Waals surface area contributed by atoms with Crippen LogP contribution >= 0.6 is 0 Å². The summed E-state index contributed by atoms with van der Waals surface area (Å²) < 4.78 is 28.7. The summed E-state index contributed by atoms with van der Waals surface area (Å²) in [5.41, 5.74) is 0.750. The lowest BCUT2D eigenvalue weighted by Crippen LogP contribution is -2.19. The van der Waals surface area contributed by atoms with Crippen molar-refractivity contribution in [3.05, 3.63) is 29.8 Å². The fraction of sp³-hybridized carbons (Fsp3) is 0.455. The lowest BCUT2D eigenvalue weighted by Gasteiger charge is -2.16. The Morgan fingerprint density at radius 1 is 1.33 bits per heavy atom. The van der Waals surface area contributed by atoms with Crippen molar-refractivity contribution in [1.29, 1.82) is 0 Å². The number of para-hydroxylation sites is 1. The van der Waals surface area contributed by atoms with E-state index in [0.29, 0.717) is 0 Å². The number of benzene rings is 1. The third kappa shape index (κ3) is 3.47. The number of hydrogen-bond acceptors (Lipinski definition) is 2. The Morgan fingerprint density at radius 2 is 2.00 bits per heavy atom. The minimum atomic E-state index is -2.78. The topological polar surface area (TPSA) is 21.3 Å². The maximum atomic E-state index is 12.1. The molecule has 0 aliphatic carbocycles. The molecule has 0 fully saturated rings. The van der Waals surface area contributed by atoms with Crippen molar-refractivity contribution in [2.24, 2.45) is 0 Å². The van der Waals surface area contributed by atoms with E-state index in [2.05, 4.69) is 10.1 Å². The van der Waals surface area contributed by atoms with Crippen LogP contribution in [-0.4, -0.2) is 13.2 Å². The van der Waals surface area contributed by atoms with Crippen LogP contribution in [0.3, 0.4) is 0 Å². The second-order valence-corrected chi connectivity index (χ2v) is 3.20. The highest BCUT2D eigenvalue weighted by Gasteiger charge is 2.13. The zero-order valence-electron chi connectivity index (χ0n) is 8.84. The molecule has 0 bridgehead atoms. The predicted octanol–water partition coefficient (Wildman–Crippen LogP) is 2.96. The van der Waals surface area contributed by atoms with Gasteiger partial charge < -0.3 is 10.1 Å². The summed E-state index contributed by atoms with van der Waals surface area (Å²) >= 11 is 0. The van der Waals surface area contributed by atoms with Crippen molar-refractivity contribution in [3.63, 3.8) is 0 Å². The van der Waals surface area contributed by atoms with Crippen LogP contribution in [0.1, 0.15) is 25.5 Å². The van der Waals surface area contributed by atoms with E-state index in [4.69, 9.17) is 0 Å². The van der Waals surface area contributed by atoms with Gasteiger partial charge in [-0.3, -0.25) is 0 Å². The van der Waals surface area contributed by atoms with Crippen LogP contribution in [0.15, 0.2) is 24.3 Å². The molecule has 0 spiro atoms. The predicted molar refractivity (Wildman–Crippen MR) is 55.2 cm³/mol. The average Bonchev–Trinajstić information content (AvgIpc) is 2.18. The smallest absolute Gasteiger partial charge is 0.387 e. The monoisotopic (exact) mass is 215 g/mol. The summed E-state index contributed by atoms with van der Waals surface area (Å²) in [6.45, 7) is 1.88. The fourth-order valence-corrected chi connectivity index (χ4v) is 1.46. The largest absolute Gasteiger partial charge is 0.434 e. The lowest BCUT2D eigenvalue weighted by atomic mass is 10.1. The molecule has 0 aromatic heterocycles. The minimum absolute atomic E-state index is 0.00458. The minimum Gasteiger partial charge on any atom is -0.434 e. The van der Waals surface area contributed by atoms with Gasteiger partial charge in [-0.15, -0.1) is 0 Å². The molecule has 4 heteroatoms. The first-order chi connectivity index (χ1) is 7.15. The molecule has 0 saturated heterocycles. The Balaban J connectivity index is 2.85. The summed E-state index contributed by atoms with van der Waals surface area (Å²) in [5.74, 6) is 0.237. The maximum absolute atomic E-state index is 12.1. The van der Waals surface area contributed by atoms with Gasteiger partial charge in [-0.1, -0.05) is 25.1 Å². The number of halogens is 2. The molecular formula is C11H15F2NO. The third-order valence-electron chi connectivity index (χ3n) is 2.11. The first kappa shape index (κ1) is 11.9. The van der Waals surface area contributed by atoms with Gasteiger partial charge in [-0.2, -0.15) is 8.78 Å². The summed E-state index contributed by atoms with van der Waals surface area (Å²) in [6.07, 6.45) is 0. The van der Waals surface area contributed by atoms with Crippen molar-refractivity contribution in [2.75, 3.05) is 6.54 Å². The number of rotatable bonds is 5. The molecule has 84 valence electrons. The zero-order valence-corrected chi connectivity index (χ0v) is 8.84. The molecule has 1 atom stereocenters. The molecule has 1 aromatic rings. The first-order valence-corrected chi connectivity index (χ1v) is 4.92. The number of nitrogens with one attached hydrogen (secondary N) is 1. The average molecular weight is 215 g/mol. The molecular weight excluding hydrogens is 200 g/mol. The Labute approximate surface area is 88.3 Å². The van der Waals surface area contributed by atoms with Crippen LogP contribution in [-0.2, 0) is 0 Å². The van der Waals surface area contributed by atoms with Crippen molar-refractivity contribution >= 4 is 0 Å². The van der Waals surface area contributed by atoms with Crippen molar-refractivity contribution in [3.8, 4) is 5.75 Å². The fourth-order valence-electron chi connectivity index (χ4n) is 1.46. The van der Waals surface area contributed by atoms with E-state index in [1.807, 2.05) is 19.9 Å². The van der Waals surface area contributed by atoms with E-state index in [1.54, 1.807) is 18.2 Å². The molecule has 1 rings (SSSR count). The van der Waals surface area contributed by atoms with Gasteiger partial charge in [-0.25, -0.2) is 0 Å². The molecule has 1 N–H and O–H groups in total. The highest BCUT2D eigenvalue weighted by Crippen LogP contribution is 2.25. The van der Waals surface area contributed by atoms with Gasteiger partial charge >= 0.3 is 6.61 Å². The van der Waals surface area contributed by atoms with Crippen molar-refractivity contribution in [1.82, 2.24) is 5.32 Å². The lowest BCUT2D eigenvalue weighted by molar-refractivity contribution is -0.0506. The molecule has 0 amide bonds. The van der Waals surface area contributed by atoms with Gasteiger partial charge in [0.15, 0.2) is 0 Å². The van der Waals surface area contributed by atoms with Gasteiger partial charge in [0.25, 0.3) is 0 Å². The molecule has 1 aromatic carbocycles. The van der Waals surface area contributed by atoms with Crippen LogP contribution in [0.2, 0.25) is 0 Å². The Hall–Kier alpha value is -1.16. The van der Waals surface area contributed by atoms with E-state index in [0.717, 1.165) is 12.1 Å². The second kappa shape index (κ2) is 5.66. The molecule has 2 nitrogen and oxygen atoms in total. The van der Waals surface area contributed by atoms with E-state index in [9.17, 15) is 8.78 Å².